The Morgan fingerprint density at radius 1 is 1.03 bits per heavy atom. The minimum Gasteiger partial charge on any atom is -0.463 e. The Morgan fingerprint density at radius 2 is 1.72 bits per heavy atom. The topological polar surface area (TPSA) is 50.7 Å². The van der Waals surface area contributed by atoms with Gasteiger partial charge in [0, 0.05) is 26.1 Å². The van der Waals surface area contributed by atoms with Gasteiger partial charge >= 0.3 is 5.97 Å². The van der Waals surface area contributed by atoms with Crippen molar-refractivity contribution < 1.29 is 9.53 Å². The third kappa shape index (κ3) is 4.90. The van der Waals surface area contributed by atoms with Crippen LogP contribution in [-0.4, -0.2) is 18.4 Å². The van der Waals surface area contributed by atoms with Gasteiger partial charge in [-0.25, -0.2) is 4.79 Å². The van der Waals surface area contributed by atoms with Crippen molar-refractivity contribution >= 4 is 35.2 Å². The first kappa shape index (κ1) is 22.2. The molecular weight excluding hydrogens is 440 g/mol. The maximum absolute atomic E-state index is 12.9. The molecule has 1 aliphatic rings. The quantitative estimate of drug-likeness (QED) is 0.429. The largest absolute Gasteiger partial charge is 0.463 e. The average Bonchev–Trinajstić information content (AvgIpc) is 2.81. The van der Waals surface area contributed by atoms with Crippen LogP contribution in [0.25, 0.3) is 0 Å². The lowest BCUT2D eigenvalue weighted by atomic mass is 9.95. The van der Waals surface area contributed by atoms with Gasteiger partial charge in [-0.1, -0.05) is 71.9 Å². The number of carbonyl (C=O) groups excluding carboxylic acids is 1. The summed E-state index contributed by atoms with van der Waals surface area (Å²) in [5.74, 6) is 0.372. The number of aliphatic imine (C=N–C) groups is 1. The normalized spacial score (nSPS) is 15.7. The van der Waals surface area contributed by atoms with Crippen LogP contribution in [0.1, 0.15) is 31.0 Å². The second kappa shape index (κ2) is 10.1. The Bertz CT molecular complexity index is 1170. The molecule has 1 heterocycles. The highest BCUT2D eigenvalue weighted by Crippen LogP contribution is 2.40. The Balaban J connectivity index is 1.80. The summed E-state index contributed by atoms with van der Waals surface area (Å²) in [5, 5.41) is 4.00. The number of hydrogen-bond donors (Lipinski definition) is 1. The molecule has 6 heteroatoms. The van der Waals surface area contributed by atoms with Crippen LogP contribution in [-0.2, 0) is 9.53 Å². The summed E-state index contributed by atoms with van der Waals surface area (Å²) >= 11 is 7.67. The molecule has 1 atom stereocenters. The molecule has 4 nitrogen and oxygen atoms in total. The van der Waals surface area contributed by atoms with Crippen molar-refractivity contribution in [1.82, 2.24) is 5.32 Å². The van der Waals surface area contributed by atoms with E-state index in [1.165, 1.54) is 0 Å². The molecule has 1 N–H and O–H groups in total. The molecule has 0 fully saturated rings. The first-order chi connectivity index (χ1) is 15.6. The third-order valence-corrected chi connectivity index (χ3v) is 6.39. The van der Waals surface area contributed by atoms with E-state index in [1.807, 2.05) is 92.7 Å². The van der Waals surface area contributed by atoms with Crippen LogP contribution in [0.3, 0.4) is 0 Å². The predicted octanol–water partition coefficient (Wildman–Crippen LogP) is 6.42. The molecule has 1 aliphatic heterocycles. The predicted molar refractivity (Wildman–Crippen MR) is 130 cm³/mol. The first-order valence-electron chi connectivity index (χ1n) is 10.4. The molecule has 0 saturated heterocycles. The molecule has 0 bridgehead atoms. The number of amidine groups is 1. The number of ether oxygens (including phenoxy) is 1. The Hall–Kier alpha value is -3.02. The molecule has 0 radical (unpaired) electrons. The summed E-state index contributed by atoms with van der Waals surface area (Å²) in [6.45, 7) is 4.01. The van der Waals surface area contributed by atoms with E-state index in [2.05, 4.69) is 5.32 Å². The molecule has 3 aromatic rings. The van der Waals surface area contributed by atoms with Crippen LogP contribution in [0.4, 0.5) is 0 Å². The minimum atomic E-state index is -0.485. The standard InChI is InChI=1S/C26H23ClN2O2S/c1-3-31-26(30)23-17(2)28-25(18-9-5-4-6-10-18)29-24(23)21-11-7-8-12-22(21)32-20-15-13-19(27)14-16-20/h4-16,24H,3H2,1-2H3,(H,28,29). The van der Waals surface area contributed by atoms with Crippen LogP contribution in [0.15, 0.2) is 105 Å². The van der Waals surface area contributed by atoms with E-state index in [0.29, 0.717) is 17.2 Å². The maximum atomic E-state index is 12.9. The van der Waals surface area contributed by atoms with E-state index in [-0.39, 0.29) is 5.97 Å². The summed E-state index contributed by atoms with van der Waals surface area (Å²) < 4.78 is 5.39. The van der Waals surface area contributed by atoms with Crippen LogP contribution in [0.5, 0.6) is 0 Å². The molecular formula is C26H23ClN2O2S. The second-order valence-electron chi connectivity index (χ2n) is 7.22. The zero-order valence-corrected chi connectivity index (χ0v) is 19.4. The lowest BCUT2D eigenvalue weighted by Gasteiger charge is -2.27. The minimum absolute atomic E-state index is 0.304. The zero-order valence-electron chi connectivity index (χ0n) is 17.8. The van der Waals surface area contributed by atoms with Crippen molar-refractivity contribution in [3.63, 3.8) is 0 Å². The van der Waals surface area contributed by atoms with Gasteiger partial charge in [-0.15, -0.1) is 0 Å². The summed E-state index contributed by atoms with van der Waals surface area (Å²) in [7, 11) is 0. The highest BCUT2D eigenvalue weighted by atomic mass is 35.5. The maximum Gasteiger partial charge on any atom is 0.338 e. The average molecular weight is 463 g/mol. The van der Waals surface area contributed by atoms with Crippen LogP contribution < -0.4 is 5.32 Å². The highest BCUT2D eigenvalue weighted by Gasteiger charge is 2.32. The number of rotatable bonds is 6. The number of hydrogen-bond acceptors (Lipinski definition) is 5. The number of nitrogens with zero attached hydrogens (tertiary/aromatic N) is 1. The molecule has 3 aromatic carbocycles. The Morgan fingerprint density at radius 3 is 2.44 bits per heavy atom. The zero-order chi connectivity index (χ0) is 22.5. The molecule has 32 heavy (non-hydrogen) atoms. The number of nitrogens with one attached hydrogen (secondary N) is 1. The third-order valence-electron chi connectivity index (χ3n) is 5.04. The van der Waals surface area contributed by atoms with E-state index in [1.54, 1.807) is 11.8 Å². The Labute approximate surface area is 197 Å². The molecule has 0 saturated carbocycles. The van der Waals surface area contributed by atoms with Crippen LogP contribution in [0.2, 0.25) is 5.02 Å². The summed E-state index contributed by atoms with van der Waals surface area (Å²) in [4.78, 5) is 20.0. The van der Waals surface area contributed by atoms with Crippen molar-refractivity contribution in [2.75, 3.05) is 6.61 Å². The van der Waals surface area contributed by atoms with E-state index in [0.717, 1.165) is 32.5 Å². The lowest BCUT2D eigenvalue weighted by molar-refractivity contribution is -0.138. The molecule has 1 unspecified atom stereocenters. The summed E-state index contributed by atoms with van der Waals surface area (Å²) in [6, 6.07) is 25.2. The highest BCUT2D eigenvalue weighted by molar-refractivity contribution is 7.99. The van der Waals surface area contributed by atoms with Gasteiger partial charge < -0.3 is 10.1 Å². The summed E-state index contributed by atoms with van der Waals surface area (Å²) in [6.07, 6.45) is 0. The van der Waals surface area contributed by atoms with Crippen LogP contribution in [0, 0.1) is 0 Å². The number of benzene rings is 3. The van der Waals surface area contributed by atoms with E-state index in [4.69, 9.17) is 21.3 Å². The first-order valence-corrected chi connectivity index (χ1v) is 11.6. The van der Waals surface area contributed by atoms with Crippen LogP contribution >= 0.6 is 23.4 Å². The number of halogens is 1. The lowest BCUT2D eigenvalue weighted by Crippen LogP contribution is -2.33. The van der Waals surface area contributed by atoms with E-state index in [9.17, 15) is 4.79 Å². The SMILES string of the molecule is CCOC(=O)C1=C(C)NC(c2ccccc2)=NC1c1ccccc1Sc1ccc(Cl)cc1. The monoisotopic (exact) mass is 462 g/mol. The van der Waals surface area contributed by atoms with Crippen molar-refractivity contribution in [3.05, 3.63) is 106 Å². The van der Waals surface area contributed by atoms with Gasteiger partial charge in [-0.05, 0) is 49.7 Å². The molecule has 0 spiro atoms. The van der Waals surface area contributed by atoms with E-state index < -0.39 is 6.04 Å². The molecule has 0 aromatic heterocycles. The van der Waals surface area contributed by atoms with Crippen molar-refractivity contribution in [2.24, 2.45) is 4.99 Å². The van der Waals surface area contributed by atoms with Gasteiger partial charge in [-0.2, -0.15) is 0 Å². The molecule has 162 valence electrons. The number of allylic oxidation sites excluding steroid dienone is 1. The fourth-order valence-corrected chi connectivity index (χ4v) is 4.64. The Kier molecular flexibility index (Phi) is 6.98. The van der Waals surface area contributed by atoms with Gasteiger partial charge in [-0.3, -0.25) is 4.99 Å². The van der Waals surface area contributed by atoms with Gasteiger partial charge in [0.1, 0.15) is 11.9 Å². The number of esters is 1. The van der Waals surface area contributed by atoms with Gasteiger partial charge in [0.2, 0.25) is 0 Å². The molecule has 0 aliphatic carbocycles. The number of carbonyl (C=O) groups is 1. The smallest absolute Gasteiger partial charge is 0.338 e. The fourth-order valence-electron chi connectivity index (χ4n) is 3.55. The second-order valence-corrected chi connectivity index (χ2v) is 8.78. The van der Waals surface area contributed by atoms with Crippen molar-refractivity contribution in [2.45, 2.75) is 29.7 Å². The van der Waals surface area contributed by atoms with Crippen molar-refractivity contribution in [1.29, 1.82) is 0 Å². The molecule has 0 amide bonds. The van der Waals surface area contributed by atoms with Gasteiger partial charge in [0.05, 0.1) is 12.2 Å². The summed E-state index contributed by atoms with van der Waals surface area (Å²) in [5.41, 5.74) is 3.18. The molecule has 4 rings (SSSR count). The van der Waals surface area contributed by atoms with E-state index >= 15 is 0 Å². The fraction of sp³-hybridized carbons (Fsp3) is 0.154. The van der Waals surface area contributed by atoms with Crippen molar-refractivity contribution in [3.8, 4) is 0 Å². The van der Waals surface area contributed by atoms with Gasteiger partial charge in [0.25, 0.3) is 0 Å². The van der Waals surface area contributed by atoms with Gasteiger partial charge in [0.15, 0.2) is 0 Å².